The third-order valence-corrected chi connectivity index (χ3v) is 3.96. The summed E-state index contributed by atoms with van der Waals surface area (Å²) in [5.41, 5.74) is 5.69. The summed E-state index contributed by atoms with van der Waals surface area (Å²) in [5.74, 6) is -0.0221. The largest absolute Gasteiger partial charge is 0.326 e. The topological polar surface area (TPSA) is 66.4 Å². The number of carbonyl (C=O) groups excluding carboxylic acids is 1. The molecule has 0 aliphatic rings. The smallest absolute Gasteiger partial charge is 0.226 e. The summed E-state index contributed by atoms with van der Waals surface area (Å²) in [7, 11) is 0. The lowest BCUT2D eigenvalue weighted by atomic mass is 10.2. The molecule has 21 heavy (non-hydrogen) atoms. The van der Waals surface area contributed by atoms with Crippen LogP contribution in [0.4, 0.5) is 10.8 Å². The molecule has 0 unspecified atom stereocenters. The molecule has 0 aliphatic carbocycles. The number of hydrogen-bond acceptors (Lipinski definition) is 5. The van der Waals surface area contributed by atoms with Crippen molar-refractivity contribution in [3.05, 3.63) is 18.2 Å². The minimum Gasteiger partial charge on any atom is -0.326 e. The van der Waals surface area contributed by atoms with Gasteiger partial charge in [0.25, 0.3) is 0 Å². The first-order valence-electron chi connectivity index (χ1n) is 7.00. The predicted octanol–water partition coefficient (Wildman–Crippen LogP) is 4.09. The van der Waals surface area contributed by atoms with E-state index in [1.807, 2.05) is 39.0 Å². The Labute approximate surface area is 128 Å². The minimum absolute atomic E-state index is 0.0142. The summed E-state index contributed by atoms with van der Waals surface area (Å²) in [5, 5.41) is 7.90. The number of hydrogen-bond donors (Lipinski definition) is 2. The first kappa shape index (κ1) is 15.4. The van der Waals surface area contributed by atoms with Crippen molar-refractivity contribution in [3.8, 4) is 0 Å². The van der Waals surface area contributed by atoms with Gasteiger partial charge in [-0.3, -0.25) is 10.2 Å². The van der Waals surface area contributed by atoms with Gasteiger partial charge in [0, 0.05) is 17.3 Å². The number of anilines is 2. The van der Waals surface area contributed by atoms with Crippen LogP contribution in [0.5, 0.6) is 0 Å². The fourth-order valence-corrected chi connectivity index (χ4v) is 2.41. The van der Waals surface area contributed by atoms with Gasteiger partial charge in [-0.1, -0.05) is 32.1 Å². The lowest BCUT2D eigenvalue weighted by Crippen LogP contribution is -2.17. The number of thiazole rings is 1. The van der Waals surface area contributed by atoms with Crippen LogP contribution in [0.15, 0.2) is 23.3 Å². The highest BCUT2D eigenvalue weighted by molar-refractivity contribution is 7.22. The molecule has 1 aromatic heterocycles. The van der Waals surface area contributed by atoms with Gasteiger partial charge in [-0.05, 0) is 31.5 Å². The molecule has 2 N–H and O–H groups in total. The lowest BCUT2D eigenvalue weighted by Gasteiger charge is -2.06. The van der Waals surface area contributed by atoms with Crippen molar-refractivity contribution in [2.45, 2.75) is 34.1 Å². The number of nitrogens with one attached hydrogen (secondary N) is 2. The van der Waals surface area contributed by atoms with Crippen LogP contribution in [0, 0.1) is 5.92 Å². The van der Waals surface area contributed by atoms with Gasteiger partial charge in [0.05, 0.1) is 10.2 Å². The van der Waals surface area contributed by atoms with E-state index in [0.29, 0.717) is 0 Å². The molecule has 0 aliphatic heterocycles. The van der Waals surface area contributed by atoms with Crippen LogP contribution in [0.3, 0.4) is 0 Å². The average molecular weight is 304 g/mol. The number of nitrogens with zero attached hydrogens (tertiary/aromatic N) is 2. The van der Waals surface area contributed by atoms with E-state index in [2.05, 4.69) is 27.8 Å². The monoisotopic (exact) mass is 304 g/mol. The number of carbonyl (C=O) groups is 1. The van der Waals surface area contributed by atoms with Gasteiger partial charge in [-0.2, -0.15) is 5.10 Å². The summed E-state index contributed by atoms with van der Waals surface area (Å²) >= 11 is 1.52. The number of hydrazone groups is 1. The molecule has 1 amide bonds. The highest BCUT2D eigenvalue weighted by atomic mass is 32.1. The van der Waals surface area contributed by atoms with Crippen molar-refractivity contribution >= 4 is 44.0 Å². The van der Waals surface area contributed by atoms with Crippen LogP contribution in [0.1, 0.15) is 34.1 Å². The molecule has 0 spiro atoms. The zero-order chi connectivity index (χ0) is 15.4. The van der Waals surface area contributed by atoms with Crippen molar-refractivity contribution in [2.75, 3.05) is 10.7 Å². The Morgan fingerprint density at radius 1 is 1.43 bits per heavy atom. The van der Waals surface area contributed by atoms with E-state index in [1.165, 1.54) is 11.3 Å². The molecule has 0 fully saturated rings. The first-order chi connectivity index (χ1) is 9.99. The summed E-state index contributed by atoms with van der Waals surface area (Å²) in [6, 6.07) is 5.71. The SMILES string of the molecule is CC/C(C)=N\Nc1nc2ccc(NC(=O)C(C)C)cc2s1. The van der Waals surface area contributed by atoms with Crippen LogP contribution in [-0.2, 0) is 4.79 Å². The van der Waals surface area contributed by atoms with Crippen molar-refractivity contribution < 1.29 is 4.79 Å². The van der Waals surface area contributed by atoms with E-state index in [4.69, 9.17) is 0 Å². The molecule has 2 aromatic rings. The van der Waals surface area contributed by atoms with Gasteiger partial charge in [-0.25, -0.2) is 4.98 Å². The molecule has 6 heteroatoms. The fourth-order valence-electron chi connectivity index (χ4n) is 1.56. The molecule has 0 atom stereocenters. The van der Waals surface area contributed by atoms with Crippen LogP contribution in [0.2, 0.25) is 0 Å². The van der Waals surface area contributed by atoms with Crippen molar-refractivity contribution in [1.29, 1.82) is 0 Å². The van der Waals surface area contributed by atoms with Gasteiger partial charge in [0.2, 0.25) is 11.0 Å². The van der Waals surface area contributed by atoms with Crippen molar-refractivity contribution in [2.24, 2.45) is 11.0 Å². The molecule has 0 radical (unpaired) electrons. The number of aromatic nitrogens is 1. The molecule has 2 rings (SSSR count). The van der Waals surface area contributed by atoms with Gasteiger partial charge < -0.3 is 5.32 Å². The van der Waals surface area contributed by atoms with E-state index in [1.54, 1.807) is 0 Å². The van der Waals surface area contributed by atoms with E-state index < -0.39 is 0 Å². The van der Waals surface area contributed by atoms with Crippen LogP contribution >= 0.6 is 11.3 Å². The molecule has 0 saturated heterocycles. The summed E-state index contributed by atoms with van der Waals surface area (Å²) in [4.78, 5) is 16.2. The van der Waals surface area contributed by atoms with Gasteiger partial charge in [0.1, 0.15) is 0 Å². The highest BCUT2D eigenvalue weighted by Gasteiger charge is 2.09. The normalized spacial score (nSPS) is 12.0. The molecule has 1 heterocycles. The zero-order valence-electron chi connectivity index (χ0n) is 12.7. The maximum atomic E-state index is 11.7. The van der Waals surface area contributed by atoms with Crippen molar-refractivity contribution in [1.82, 2.24) is 4.98 Å². The number of benzene rings is 1. The predicted molar refractivity (Wildman–Crippen MR) is 90.1 cm³/mol. The fraction of sp³-hybridized carbons (Fsp3) is 0.400. The molecule has 5 nitrogen and oxygen atoms in total. The maximum Gasteiger partial charge on any atom is 0.226 e. The summed E-state index contributed by atoms with van der Waals surface area (Å²) in [6.45, 7) is 7.77. The summed E-state index contributed by atoms with van der Waals surface area (Å²) < 4.78 is 1.02. The van der Waals surface area contributed by atoms with E-state index in [0.717, 1.165) is 33.2 Å². The Morgan fingerprint density at radius 2 is 2.19 bits per heavy atom. The number of amides is 1. The maximum absolute atomic E-state index is 11.7. The third kappa shape index (κ3) is 4.01. The van der Waals surface area contributed by atoms with Gasteiger partial charge in [-0.15, -0.1) is 0 Å². The lowest BCUT2D eigenvalue weighted by molar-refractivity contribution is -0.118. The second-order valence-corrected chi connectivity index (χ2v) is 6.19. The molecular formula is C15H20N4OS. The first-order valence-corrected chi connectivity index (χ1v) is 7.82. The van der Waals surface area contributed by atoms with Crippen molar-refractivity contribution in [3.63, 3.8) is 0 Å². The average Bonchev–Trinajstić information content (AvgIpc) is 2.86. The highest BCUT2D eigenvalue weighted by Crippen LogP contribution is 2.28. The Balaban J connectivity index is 2.18. The molecular weight excluding hydrogens is 284 g/mol. The third-order valence-electron chi connectivity index (χ3n) is 3.03. The van der Waals surface area contributed by atoms with E-state index in [-0.39, 0.29) is 11.8 Å². The van der Waals surface area contributed by atoms with Gasteiger partial charge in [0.15, 0.2) is 0 Å². The van der Waals surface area contributed by atoms with Crippen LogP contribution in [0.25, 0.3) is 10.2 Å². The second kappa shape index (κ2) is 6.67. The van der Waals surface area contributed by atoms with Crippen LogP contribution < -0.4 is 10.7 Å². The Kier molecular flexibility index (Phi) is 4.90. The van der Waals surface area contributed by atoms with Gasteiger partial charge >= 0.3 is 0 Å². The minimum atomic E-state index is -0.0364. The Bertz CT molecular complexity index is 675. The Hall–Kier alpha value is -1.95. The zero-order valence-corrected chi connectivity index (χ0v) is 13.5. The van der Waals surface area contributed by atoms with Crippen LogP contribution in [-0.4, -0.2) is 16.6 Å². The Morgan fingerprint density at radius 3 is 2.86 bits per heavy atom. The van der Waals surface area contributed by atoms with E-state index >= 15 is 0 Å². The molecule has 0 saturated carbocycles. The van der Waals surface area contributed by atoms with E-state index in [9.17, 15) is 4.79 Å². The number of fused-ring (bicyclic) bond motifs is 1. The second-order valence-electron chi connectivity index (χ2n) is 5.16. The standard InChI is InChI=1S/C15H20N4OS/c1-5-10(4)18-19-15-17-12-7-6-11(8-13(12)21-15)16-14(20)9(2)3/h6-9H,5H2,1-4H3,(H,16,20)(H,17,19)/b18-10-. The molecule has 1 aromatic carbocycles. The number of rotatable bonds is 5. The molecule has 112 valence electrons. The quantitative estimate of drug-likeness (QED) is 0.646. The summed E-state index contributed by atoms with van der Waals surface area (Å²) in [6.07, 6.45) is 0.906. The molecule has 0 bridgehead atoms.